The van der Waals surface area contributed by atoms with E-state index in [1.807, 2.05) is 36.4 Å². The summed E-state index contributed by atoms with van der Waals surface area (Å²) >= 11 is 0. The van der Waals surface area contributed by atoms with Gasteiger partial charge in [-0.15, -0.1) is 0 Å². The van der Waals surface area contributed by atoms with E-state index in [-0.39, 0.29) is 11.3 Å². The molecule has 2 aromatic heterocycles. The molecule has 0 saturated carbocycles. The molecule has 0 spiro atoms. The number of para-hydroxylation sites is 1. The molecule has 0 saturated heterocycles. The van der Waals surface area contributed by atoms with Crippen molar-refractivity contribution >= 4 is 11.6 Å². The SMILES string of the molecule is O=C(Nc1cnc(-c2ccccc2)nc1)c1ccc(=O)n(-c2ccccc2)n1. The van der Waals surface area contributed by atoms with Crippen LogP contribution in [0.15, 0.2) is 90.0 Å². The third-order valence-electron chi connectivity index (χ3n) is 3.98. The summed E-state index contributed by atoms with van der Waals surface area (Å²) in [6.45, 7) is 0. The van der Waals surface area contributed by atoms with E-state index in [1.165, 1.54) is 29.2 Å². The molecular weight excluding hydrogens is 354 g/mol. The van der Waals surface area contributed by atoms with Crippen molar-refractivity contribution in [3.8, 4) is 17.1 Å². The normalized spacial score (nSPS) is 10.4. The fourth-order valence-electron chi connectivity index (χ4n) is 2.61. The van der Waals surface area contributed by atoms with E-state index in [0.717, 1.165) is 5.56 Å². The standard InChI is InChI=1S/C21H15N5O2/c27-19-12-11-18(25-26(19)17-9-5-2-6-10-17)21(28)24-16-13-22-20(23-14-16)15-7-3-1-4-8-15/h1-14H,(H,24,28). The number of hydrogen-bond acceptors (Lipinski definition) is 5. The Labute approximate surface area is 160 Å². The van der Waals surface area contributed by atoms with Crippen LogP contribution in [0.3, 0.4) is 0 Å². The van der Waals surface area contributed by atoms with Gasteiger partial charge >= 0.3 is 0 Å². The minimum atomic E-state index is -0.458. The lowest BCUT2D eigenvalue weighted by atomic mass is 10.2. The van der Waals surface area contributed by atoms with Crippen molar-refractivity contribution in [3.05, 3.63) is 101 Å². The molecule has 1 amide bonds. The number of amides is 1. The highest BCUT2D eigenvalue weighted by Gasteiger charge is 2.12. The van der Waals surface area contributed by atoms with Crippen molar-refractivity contribution in [1.29, 1.82) is 0 Å². The summed E-state index contributed by atoms with van der Waals surface area (Å²) in [6, 6.07) is 21.1. The Bertz CT molecular complexity index is 1160. The van der Waals surface area contributed by atoms with E-state index >= 15 is 0 Å². The molecule has 136 valence electrons. The topological polar surface area (TPSA) is 89.8 Å². The van der Waals surface area contributed by atoms with Crippen molar-refractivity contribution in [2.24, 2.45) is 0 Å². The van der Waals surface area contributed by atoms with Gasteiger partial charge in [0.15, 0.2) is 5.82 Å². The summed E-state index contributed by atoms with van der Waals surface area (Å²) in [4.78, 5) is 33.1. The van der Waals surface area contributed by atoms with Crippen molar-refractivity contribution in [2.75, 3.05) is 5.32 Å². The van der Waals surface area contributed by atoms with Crippen molar-refractivity contribution in [3.63, 3.8) is 0 Å². The smallest absolute Gasteiger partial charge is 0.276 e. The van der Waals surface area contributed by atoms with E-state index in [1.54, 1.807) is 24.3 Å². The second kappa shape index (κ2) is 7.63. The second-order valence-corrected chi connectivity index (χ2v) is 5.92. The van der Waals surface area contributed by atoms with Gasteiger partial charge in [-0.1, -0.05) is 48.5 Å². The predicted molar refractivity (Wildman–Crippen MR) is 105 cm³/mol. The second-order valence-electron chi connectivity index (χ2n) is 5.92. The molecule has 7 heteroatoms. The number of benzene rings is 2. The molecule has 4 aromatic rings. The van der Waals surface area contributed by atoms with Crippen LogP contribution in [0, 0.1) is 0 Å². The third-order valence-corrected chi connectivity index (χ3v) is 3.98. The molecule has 0 radical (unpaired) electrons. The predicted octanol–water partition coefficient (Wildman–Crippen LogP) is 2.94. The van der Waals surface area contributed by atoms with Gasteiger partial charge in [-0.3, -0.25) is 9.59 Å². The Morgan fingerprint density at radius 3 is 2.14 bits per heavy atom. The highest BCUT2D eigenvalue weighted by atomic mass is 16.2. The minimum Gasteiger partial charge on any atom is -0.318 e. The minimum absolute atomic E-state index is 0.107. The maximum atomic E-state index is 12.5. The zero-order valence-corrected chi connectivity index (χ0v) is 14.7. The summed E-state index contributed by atoms with van der Waals surface area (Å²) in [6.07, 6.45) is 3.06. The van der Waals surface area contributed by atoms with Gasteiger partial charge in [0, 0.05) is 11.6 Å². The van der Waals surface area contributed by atoms with Crippen LogP contribution in [0.1, 0.15) is 10.5 Å². The van der Waals surface area contributed by atoms with Gasteiger partial charge < -0.3 is 5.32 Å². The third kappa shape index (κ3) is 3.68. The number of carbonyl (C=O) groups excluding carboxylic acids is 1. The Morgan fingerprint density at radius 1 is 0.821 bits per heavy atom. The Hall–Kier alpha value is -4.13. The molecule has 2 aromatic carbocycles. The first-order valence-corrected chi connectivity index (χ1v) is 8.55. The van der Waals surface area contributed by atoms with E-state index in [4.69, 9.17) is 0 Å². The van der Waals surface area contributed by atoms with Crippen LogP contribution in [-0.2, 0) is 0 Å². The van der Waals surface area contributed by atoms with Gasteiger partial charge in [-0.05, 0) is 18.2 Å². The molecule has 4 rings (SSSR count). The summed E-state index contributed by atoms with van der Waals surface area (Å²) in [5.74, 6) is 0.107. The van der Waals surface area contributed by atoms with Crippen molar-refractivity contribution in [1.82, 2.24) is 19.7 Å². The maximum Gasteiger partial charge on any atom is 0.276 e. The highest BCUT2D eigenvalue weighted by Crippen LogP contribution is 2.15. The average molecular weight is 369 g/mol. The van der Waals surface area contributed by atoms with Crippen molar-refractivity contribution in [2.45, 2.75) is 0 Å². The first-order valence-electron chi connectivity index (χ1n) is 8.55. The van der Waals surface area contributed by atoms with Gasteiger partial charge in [0.05, 0.1) is 23.8 Å². The Kier molecular flexibility index (Phi) is 4.71. The summed E-state index contributed by atoms with van der Waals surface area (Å²) in [5, 5.41) is 6.85. The lowest BCUT2D eigenvalue weighted by Gasteiger charge is -2.08. The van der Waals surface area contributed by atoms with E-state index in [2.05, 4.69) is 20.4 Å². The van der Waals surface area contributed by atoms with Crippen LogP contribution in [0.25, 0.3) is 17.1 Å². The van der Waals surface area contributed by atoms with E-state index in [9.17, 15) is 9.59 Å². The molecule has 0 bridgehead atoms. The number of rotatable bonds is 4. The van der Waals surface area contributed by atoms with Crippen LogP contribution in [0.2, 0.25) is 0 Å². The number of nitrogens with zero attached hydrogens (tertiary/aromatic N) is 4. The van der Waals surface area contributed by atoms with Crippen LogP contribution in [0.4, 0.5) is 5.69 Å². The quantitative estimate of drug-likeness (QED) is 0.597. The van der Waals surface area contributed by atoms with E-state index in [0.29, 0.717) is 17.2 Å². The monoisotopic (exact) mass is 369 g/mol. The molecule has 0 aliphatic rings. The Morgan fingerprint density at radius 2 is 1.46 bits per heavy atom. The first-order chi connectivity index (χ1) is 13.7. The number of carbonyl (C=O) groups is 1. The largest absolute Gasteiger partial charge is 0.318 e. The van der Waals surface area contributed by atoms with Crippen LogP contribution < -0.4 is 10.9 Å². The molecular formula is C21H15N5O2. The number of hydrogen-bond donors (Lipinski definition) is 1. The Balaban J connectivity index is 1.55. The van der Waals surface area contributed by atoms with E-state index < -0.39 is 5.91 Å². The van der Waals surface area contributed by atoms with Gasteiger partial charge in [0.25, 0.3) is 11.5 Å². The lowest BCUT2D eigenvalue weighted by Crippen LogP contribution is -2.24. The summed E-state index contributed by atoms with van der Waals surface area (Å²) in [5.41, 5.74) is 1.69. The van der Waals surface area contributed by atoms with Gasteiger partial charge in [-0.25, -0.2) is 9.97 Å². The van der Waals surface area contributed by atoms with Gasteiger partial charge in [-0.2, -0.15) is 9.78 Å². The first kappa shape index (κ1) is 17.3. The zero-order valence-electron chi connectivity index (χ0n) is 14.7. The maximum absolute atomic E-state index is 12.5. The molecule has 0 fully saturated rings. The average Bonchev–Trinajstić information content (AvgIpc) is 2.76. The van der Waals surface area contributed by atoms with Gasteiger partial charge in [0.2, 0.25) is 0 Å². The van der Waals surface area contributed by atoms with Crippen LogP contribution >= 0.6 is 0 Å². The van der Waals surface area contributed by atoms with Gasteiger partial charge in [0.1, 0.15) is 5.69 Å². The zero-order chi connectivity index (χ0) is 19.3. The number of nitrogens with one attached hydrogen (secondary N) is 1. The fourth-order valence-corrected chi connectivity index (χ4v) is 2.61. The summed E-state index contributed by atoms with van der Waals surface area (Å²) < 4.78 is 1.18. The molecule has 2 heterocycles. The van der Waals surface area contributed by atoms with Crippen LogP contribution in [-0.4, -0.2) is 25.7 Å². The lowest BCUT2D eigenvalue weighted by molar-refractivity contribution is 0.102. The molecule has 0 aliphatic carbocycles. The summed E-state index contributed by atoms with van der Waals surface area (Å²) in [7, 11) is 0. The van der Waals surface area contributed by atoms with Crippen LogP contribution in [0.5, 0.6) is 0 Å². The molecule has 0 aliphatic heterocycles. The fraction of sp³-hybridized carbons (Fsp3) is 0. The molecule has 1 N–H and O–H groups in total. The molecule has 0 unspecified atom stereocenters. The van der Waals surface area contributed by atoms with Crippen molar-refractivity contribution < 1.29 is 4.79 Å². The number of anilines is 1. The molecule has 0 atom stereocenters. The highest BCUT2D eigenvalue weighted by molar-refractivity contribution is 6.02. The molecule has 28 heavy (non-hydrogen) atoms. The molecule has 7 nitrogen and oxygen atoms in total. The number of aromatic nitrogens is 4.